The largest absolute Gasteiger partial charge is 0.363 e. The monoisotopic (exact) mass is 331 g/mol. The Morgan fingerprint density at radius 3 is 2.60 bits per heavy atom. The summed E-state index contributed by atoms with van der Waals surface area (Å²) in [6.45, 7) is 3.93. The fourth-order valence-electron chi connectivity index (χ4n) is 1.90. The third kappa shape index (κ3) is 2.91. The fourth-order valence-corrected chi connectivity index (χ4v) is 2.16. The smallest absolute Gasteiger partial charge is 0.181 e. The van der Waals surface area contributed by atoms with Crippen molar-refractivity contribution < 1.29 is 4.79 Å². The summed E-state index contributed by atoms with van der Waals surface area (Å²) in [5.41, 5.74) is 3.04. The minimum Gasteiger partial charge on any atom is -0.363 e. The zero-order valence-corrected chi connectivity index (χ0v) is 12.8. The van der Waals surface area contributed by atoms with Crippen molar-refractivity contribution in [1.29, 1.82) is 5.26 Å². The van der Waals surface area contributed by atoms with Crippen LogP contribution in [0, 0.1) is 25.2 Å². The summed E-state index contributed by atoms with van der Waals surface area (Å²) in [4.78, 5) is 15.1. The van der Waals surface area contributed by atoms with Crippen LogP contribution in [-0.2, 0) is 0 Å². The number of Topliss-reactive ketones (excluding diaryl/α,β-unsaturated/α-hetero) is 1. The molecule has 5 heteroatoms. The highest BCUT2D eigenvalue weighted by Crippen LogP contribution is 2.21. The lowest BCUT2D eigenvalue weighted by Crippen LogP contribution is -2.14. The van der Waals surface area contributed by atoms with Gasteiger partial charge in [0.1, 0.15) is 11.9 Å². The van der Waals surface area contributed by atoms with Crippen LogP contribution in [0.1, 0.15) is 27.2 Å². The lowest BCUT2D eigenvalue weighted by atomic mass is 10.1. The normalized spacial score (nSPS) is 10.1. The molecule has 0 saturated carbocycles. The Labute approximate surface area is 125 Å². The molecule has 2 rings (SSSR count). The molecule has 1 aromatic heterocycles. The van der Waals surface area contributed by atoms with E-state index in [1.54, 1.807) is 12.1 Å². The van der Waals surface area contributed by atoms with E-state index in [9.17, 15) is 4.79 Å². The maximum absolute atomic E-state index is 12.0. The van der Waals surface area contributed by atoms with Crippen molar-refractivity contribution >= 4 is 27.5 Å². The van der Waals surface area contributed by atoms with Crippen molar-refractivity contribution in [3.8, 4) is 6.07 Å². The standard InChI is InChI=1S/C15H14BrN3O/c1-9-10(2)19-15(13(9)7-17)18-8-14(20)11-3-5-12(16)6-4-11/h3-6,18-19H,8H2,1-2H3. The number of anilines is 1. The summed E-state index contributed by atoms with van der Waals surface area (Å²) >= 11 is 3.33. The topological polar surface area (TPSA) is 68.7 Å². The molecule has 0 aliphatic carbocycles. The van der Waals surface area contributed by atoms with Crippen LogP contribution in [0.2, 0.25) is 0 Å². The van der Waals surface area contributed by atoms with Gasteiger partial charge in [-0.2, -0.15) is 5.26 Å². The van der Waals surface area contributed by atoms with Crippen LogP contribution >= 0.6 is 15.9 Å². The first kappa shape index (κ1) is 14.4. The molecule has 0 saturated heterocycles. The van der Waals surface area contributed by atoms with E-state index < -0.39 is 0 Å². The number of aryl methyl sites for hydroxylation is 1. The molecule has 0 fully saturated rings. The minimum absolute atomic E-state index is 0.0219. The van der Waals surface area contributed by atoms with Crippen LogP contribution in [0.4, 0.5) is 5.82 Å². The lowest BCUT2D eigenvalue weighted by molar-refractivity contribution is 0.101. The van der Waals surface area contributed by atoms with Gasteiger partial charge < -0.3 is 10.3 Å². The van der Waals surface area contributed by atoms with Gasteiger partial charge in [0.05, 0.1) is 12.1 Å². The summed E-state index contributed by atoms with van der Waals surface area (Å²) in [5.74, 6) is 0.583. The average molecular weight is 332 g/mol. The molecule has 20 heavy (non-hydrogen) atoms. The predicted molar refractivity (Wildman–Crippen MR) is 81.9 cm³/mol. The number of nitriles is 1. The average Bonchev–Trinajstić information content (AvgIpc) is 2.71. The van der Waals surface area contributed by atoms with E-state index in [0.717, 1.165) is 15.7 Å². The number of hydrogen-bond donors (Lipinski definition) is 2. The second-order valence-corrected chi connectivity index (χ2v) is 5.44. The molecule has 0 unspecified atom stereocenters. The molecule has 0 spiro atoms. The SMILES string of the molecule is Cc1[nH]c(NCC(=O)c2ccc(Br)cc2)c(C#N)c1C. The zero-order chi connectivity index (χ0) is 14.7. The number of nitrogens with one attached hydrogen (secondary N) is 2. The van der Waals surface area contributed by atoms with Gasteiger partial charge in [-0.05, 0) is 31.5 Å². The molecule has 2 aromatic rings. The number of carbonyl (C=O) groups is 1. The molecular formula is C15H14BrN3O. The Morgan fingerprint density at radius 1 is 1.35 bits per heavy atom. The number of nitrogens with zero attached hydrogens (tertiary/aromatic N) is 1. The van der Waals surface area contributed by atoms with Crippen LogP contribution in [0.15, 0.2) is 28.7 Å². The lowest BCUT2D eigenvalue weighted by Gasteiger charge is -2.04. The predicted octanol–water partition coefficient (Wildman–Crippen LogP) is 3.56. The van der Waals surface area contributed by atoms with Crippen molar-refractivity contribution in [1.82, 2.24) is 4.98 Å². The van der Waals surface area contributed by atoms with Crippen LogP contribution in [0.3, 0.4) is 0 Å². The number of halogens is 1. The molecule has 0 atom stereocenters. The Bertz CT molecular complexity index is 680. The van der Waals surface area contributed by atoms with Crippen molar-refractivity contribution in [2.75, 3.05) is 11.9 Å². The van der Waals surface area contributed by atoms with E-state index in [4.69, 9.17) is 5.26 Å². The molecule has 4 nitrogen and oxygen atoms in total. The van der Waals surface area contributed by atoms with E-state index in [-0.39, 0.29) is 12.3 Å². The molecule has 2 N–H and O–H groups in total. The van der Waals surface area contributed by atoms with E-state index in [1.165, 1.54) is 0 Å². The number of aromatic nitrogens is 1. The summed E-state index contributed by atoms with van der Waals surface area (Å²) in [7, 11) is 0. The van der Waals surface area contributed by atoms with E-state index in [1.807, 2.05) is 26.0 Å². The van der Waals surface area contributed by atoms with Gasteiger partial charge in [0.15, 0.2) is 5.78 Å². The van der Waals surface area contributed by atoms with Gasteiger partial charge in [-0.25, -0.2) is 0 Å². The number of ketones is 1. The van der Waals surface area contributed by atoms with E-state index in [0.29, 0.717) is 16.9 Å². The Morgan fingerprint density at radius 2 is 2.00 bits per heavy atom. The number of benzene rings is 1. The second-order valence-electron chi connectivity index (χ2n) is 4.52. The number of aromatic amines is 1. The highest BCUT2D eigenvalue weighted by molar-refractivity contribution is 9.10. The second kappa shape index (κ2) is 5.93. The maximum atomic E-state index is 12.0. The summed E-state index contributed by atoms with van der Waals surface area (Å²) in [6, 6.07) is 9.34. The molecule has 1 heterocycles. The molecule has 0 radical (unpaired) electrons. The van der Waals surface area contributed by atoms with Gasteiger partial charge in [-0.15, -0.1) is 0 Å². The van der Waals surface area contributed by atoms with E-state index >= 15 is 0 Å². The van der Waals surface area contributed by atoms with Crippen LogP contribution < -0.4 is 5.32 Å². The first-order valence-corrected chi connectivity index (χ1v) is 6.94. The first-order valence-electron chi connectivity index (χ1n) is 6.15. The van der Waals surface area contributed by atoms with Crippen LogP contribution in [0.5, 0.6) is 0 Å². The van der Waals surface area contributed by atoms with Crippen LogP contribution in [-0.4, -0.2) is 17.3 Å². The van der Waals surface area contributed by atoms with Crippen molar-refractivity contribution in [2.24, 2.45) is 0 Å². The summed E-state index contributed by atoms with van der Waals surface area (Å²) in [5, 5.41) is 12.1. The fraction of sp³-hybridized carbons (Fsp3) is 0.200. The highest BCUT2D eigenvalue weighted by Gasteiger charge is 2.12. The Balaban J connectivity index is 2.09. The third-order valence-corrected chi connectivity index (χ3v) is 3.73. The molecule has 102 valence electrons. The Hall–Kier alpha value is -2.06. The molecule has 0 bridgehead atoms. The quantitative estimate of drug-likeness (QED) is 0.841. The van der Waals surface area contributed by atoms with Gasteiger partial charge in [0.25, 0.3) is 0 Å². The van der Waals surface area contributed by atoms with E-state index in [2.05, 4.69) is 32.3 Å². The number of hydrogen-bond acceptors (Lipinski definition) is 3. The van der Waals surface area contributed by atoms with Crippen molar-refractivity contribution in [3.63, 3.8) is 0 Å². The van der Waals surface area contributed by atoms with Gasteiger partial charge >= 0.3 is 0 Å². The van der Waals surface area contributed by atoms with Gasteiger partial charge in [-0.1, -0.05) is 28.1 Å². The van der Waals surface area contributed by atoms with Crippen molar-refractivity contribution in [2.45, 2.75) is 13.8 Å². The molecule has 0 aliphatic rings. The molecular weight excluding hydrogens is 318 g/mol. The molecule has 0 aliphatic heterocycles. The third-order valence-electron chi connectivity index (χ3n) is 3.20. The first-order chi connectivity index (χ1) is 9.52. The zero-order valence-electron chi connectivity index (χ0n) is 11.2. The molecule has 0 amide bonds. The Kier molecular flexibility index (Phi) is 4.26. The van der Waals surface area contributed by atoms with Gasteiger partial charge in [0, 0.05) is 15.7 Å². The molecule has 1 aromatic carbocycles. The highest BCUT2D eigenvalue weighted by atomic mass is 79.9. The van der Waals surface area contributed by atoms with Gasteiger partial charge in [-0.3, -0.25) is 4.79 Å². The summed E-state index contributed by atoms with van der Waals surface area (Å²) in [6.07, 6.45) is 0. The number of rotatable bonds is 4. The maximum Gasteiger partial charge on any atom is 0.181 e. The number of H-pyrrole nitrogens is 1. The van der Waals surface area contributed by atoms with Crippen LogP contribution in [0.25, 0.3) is 0 Å². The summed E-state index contributed by atoms with van der Waals surface area (Å²) < 4.78 is 0.935. The minimum atomic E-state index is -0.0219. The van der Waals surface area contributed by atoms with Crippen molar-refractivity contribution in [3.05, 3.63) is 51.1 Å². The van der Waals surface area contributed by atoms with Gasteiger partial charge in [0.2, 0.25) is 0 Å². The number of carbonyl (C=O) groups excluding carboxylic acids is 1.